The van der Waals surface area contributed by atoms with E-state index in [9.17, 15) is 9.59 Å². The van der Waals surface area contributed by atoms with Crippen molar-refractivity contribution in [2.45, 2.75) is 207 Å². The number of esters is 2. The van der Waals surface area contributed by atoms with E-state index < -0.39 is 6.10 Å². The van der Waals surface area contributed by atoms with Crippen LogP contribution in [0.25, 0.3) is 0 Å². The standard InChI is InChI=1S/C57H92O5/c1-4-7-10-13-16-19-22-24-26-28-30-32-34-37-40-43-46-49-52-60-53-55(62-57(59)51-48-45-42-39-35-21-18-15-12-9-6-3)54-61-56(58)50-47-44-41-38-36-33-31-29-27-25-23-20-17-14-11-8-5-2/h7-8,10-11,15-20,24-27,30-33,38,41,55H,4-6,9,12-14,21-23,28-29,34-37,39-40,42-54H2,1-3H3/b10-7-,11-8-,18-15-,19-16-,20-17-,26-24-,27-25-,32-30-,33-31-,41-38-. The number of hydrogen-bond donors (Lipinski definition) is 0. The van der Waals surface area contributed by atoms with Crippen LogP contribution >= 0.6 is 0 Å². The lowest BCUT2D eigenvalue weighted by atomic mass is 10.1. The lowest BCUT2D eigenvalue weighted by Crippen LogP contribution is -2.30. The molecule has 0 aliphatic carbocycles. The van der Waals surface area contributed by atoms with Crippen molar-refractivity contribution < 1.29 is 23.8 Å². The third-order valence-electron chi connectivity index (χ3n) is 9.96. The van der Waals surface area contributed by atoms with Crippen molar-refractivity contribution in [3.63, 3.8) is 0 Å². The third kappa shape index (κ3) is 49.0. The summed E-state index contributed by atoms with van der Waals surface area (Å²) in [6.07, 6.45) is 72.1. The summed E-state index contributed by atoms with van der Waals surface area (Å²) >= 11 is 0. The molecule has 5 heteroatoms. The zero-order valence-corrected chi connectivity index (χ0v) is 40.1. The molecule has 0 N–H and O–H groups in total. The highest BCUT2D eigenvalue weighted by molar-refractivity contribution is 5.70. The second-order valence-electron chi connectivity index (χ2n) is 15.9. The van der Waals surface area contributed by atoms with E-state index in [4.69, 9.17) is 14.2 Å². The highest BCUT2D eigenvalue weighted by Gasteiger charge is 2.17. The summed E-state index contributed by atoms with van der Waals surface area (Å²) < 4.78 is 17.3. The van der Waals surface area contributed by atoms with Crippen molar-refractivity contribution in [1.82, 2.24) is 0 Å². The molecule has 1 atom stereocenters. The fraction of sp³-hybridized carbons (Fsp3) is 0.614. The van der Waals surface area contributed by atoms with Crippen LogP contribution in [0.4, 0.5) is 0 Å². The predicted molar refractivity (Wildman–Crippen MR) is 269 cm³/mol. The van der Waals surface area contributed by atoms with Crippen molar-refractivity contribution >= 4 is 11.9 Å². The molecular formula is C57H92O5. The van der Waals surface area contributed by atoms with Crippen LogP contribution in [0.5, 0.6) is 0 Å². The summed E-state index contributed by atoms with van der Waals surface area (Å²) in [4.78, 5) is 25.3. The van der Waals surface area contributed by atoms with Gasteiger partial charge in [-0.05, 0) is 116 Å². The SMILES string of the molecule is CC/C=C\C/C=C\C/C=C\C/C=C\C/C=C\CCCC(=O)OCC(COCCCCCCC/C=C\C/C=C\C/C=C\C/C=C\CC)OC(=O)CCCCCCC/C=C\CCCC. The van der Waals surface area contributed by atoms with Crippen LogP contribution in [0.15, 0.2) is 122 Å². The molecule has 0 bridgehead atoms. The molecule has 0 spiro atoms. The van der Waals surface area contributed by atoms with Crippen molar-refractivity contribution in [3.8, 4) is 0 Å². The van der Waals surface area contributed by atoms with Gasteiger partial charge >= 0.3 is 11.9 Å². The second-order valence-corrected chi connectivity index (χ2v) is 15.9. The Hall–Kier alpha value is -3.70. The van der Waals surface area contributed by atoms with Gasteiger partial charge < -0.3 is 14.2 Å². The molecule has 0 saturated carbocycles. The van der Waals surface area contributed by atoms with Gasteiger partial charge in [0.2, 0.25) is 0 Å². The van der Waals surface area contributed by atoms with E-state index in [1.165, 1.54) is 51.4 Å². The molecule has 0 aliphatic rings. The molecule has 0 saturated heterocycles. The molecule has 0 aliphatic heterocycles. The maximum Gasteiger partial charge on any atom is 0.306 e. The molecule has 350 valence electrons. The summed E-state index contributed by atoms with van der Waals surface area (Å²) in [6, 6.07) is 0. The number of ether oxygens (including phenoxy) is 3. The maximum atomic E-state index is 12.8. The smallest absolute Gasteiger partial charge is 0.306 e. The molecule has 0 rings (SSSR count). The van der Waals surface area contributed by atoms with Crippen LogP contribution in [-0.4, -0.2) is 37.9 Å². The normalized spacial score (nSPS) is 13.3. The number of rotatable bonds is 44. The Morgan fingerprint density at radius 2 is 0.742 bits per heavy atom. The van der Waals surface area contributed by atoms with E-state index in [0.29, 0.717) is 19.4 Å². The minimum atomic E-state index is -0.581. The molecule has 0 fully saturated rings. The van der Waals surface area contributed by atoms with Crippen LogP contribution in [0.1, 0.15) is 201 Å². The minimum absolute atomic E-state index is 0.0370. The highest BCUT2D eigenvalue weighted by Crippen LogP contribution is 2.12. The average Bonchev–Trinajstić information content (AvgIpc) is 3.27. The van der Waals surface area contributed by atoms with Gasteiger partial charge in [-0.3, -0.25) is 9.59 Å². The quantitative estimate of drug-likeness (QED) is 0.0347. The Kier molecular flexibility index (Phi) is 48.6. The van der Waals surface area contributed by atoms with Crippen LogP contribution < -0.4 is 0 Å². The van der Waals surface area contributed by atoms with E-state index >= 15 is 0 Å². The largest absolute Gasteiger partial charge is 0.462 e. The van der Waals surface area contributed by atoms with Crippen LogP contribution in [-0.2, 0) is 23.8 Å². The first-order chi connectivity index (χ1) is 30.6. The lowest BCUT2D eigenvalue weighted by molar-refractivity contribution is -0.163. The van der Waals surface area contributed by atoms with Crippen LogP contribution in [0.2, 0.25) is 0 Å². The third-order valence-corrected chi connectivity index (χ3v) is 9.96. The van der Waals surface area contributed by atoms with Crippen LogP contribution in [0, 0.1) is 0 Å². The van der Waals surface area contributed by atoms with Crippen molar-refractivity contribution in [2.75, 3.05) is 19.8 Å². The number of carbonyl (C=O) groups excluding carboxylic acids is 2. The first kappa shape index (κ1) is 58.3. The first-order valence-electron chi connectivity index (χ1n) is 25.1. The molecule has 5 nitrogen and oxygen atoms in total. The van der Waals surface area contributed by atoms with Gasteiger partial charge in [-0.15, -0.1) is 0 Å². The topological polar surface area (TPSA) is 61.8 Å². The van der Waals surface area contributed by atoms with Crippen molar-refractivity contribution in [1.29, 1.82) is 0 Å². The molecule has 0 radical (unpaired) electrons. The Bertz CT molecular complexity index is 1290. The number of allylic oxidation sites excluding steroid dienone is 20. The van der Waals surface area contributed by atoms with Gasteiger partial charge in [0.1, 0.15) is 6.61 Å². The second kappa shape index (κ2) is 51.6. The van der Waals surface area contributed by atoms with Gasteiger partial charge in [0.15, 0.2) is 6.10 Å². The zero-order chi connectivity index (χ0) is 44.9. The summed E-state index contributed by atoms with van der Waals surface area (Å²) in [5.41, 5.74) is 0. The Balaban J connectivity index is 4.40. The number of unbranched alkanes of at least 4 members (excludes halogenated alkanes) is 13. The molecule has 62 heavy (non-hydrogen) atoms. The summed E-state index contributed by atoms with van der Waals surface area (Å²) in [5.74, 6) is -0.496. The van der Waals surface area contributed by atoms with Gasteiger partial charge in [0, 0.05) is 19.4 Å². The molecule has 0 heterocycles. The molecule has 0 aromatic carbocycles. The minimum Gasteiger partial charge on any atom is -0.462 e. The van der Waals surface area contributed by atoms with Crippen molar-refractivity contribution in [3.05, 3.63) is 122 Å². The molecule has 0 aromatic rings. The van der Waals surface area contributed by atoms with Gasteiger partial charge in [-0.1, -0.05) is 194 Å². The van der Waals surface area contributed by atoms with Gasteiger partial charge in [0.05, 0.1) is 6.61 Å². The monoisotopic (exact) mass is 857 g/mol. The van der Waals surface area contributed by atoms with Crippen molar-refractivity contribution in [2.24, 2.45) is 0 Å². The van der Waals surface area contributed by atoms with Gasteiger partial charge in [-0.2, -0.15) is 0 Å². The molecule has 0 aromatic heterocycles. The zero-order valence-electron chi connectivity index (χ0n) is 40.1. The van der Waals surface area contributed by atoms with E-state index in [0.717, 1.165) is 116 Å². The summed E-state index contributed by atoms with van der Waals surface area (Å²) in [5, 5.41) is 0. The highest BCUT2D eigenvalue weighted by atomic mass is 16.6. The first-order valence-corrected chi connectivity index (χ1v) is 25.1. The Morgan fingerprint density at radius 3 is 1.23 bits per heavy atom. The van der Waals surface area contributed by atoms with E-state index in [1.807, 2.05) is 0 Å². The van der Waals surface area contributed by atoms with Gasteiger partial charge in [0.25, 0.3) is 0 Å². The Labute approximate surface area is 382 Å². The maximum absolute atomic E-state index is 12.8. The number of hydrogen-bond acceptors (Lipinski definition) is 5. The van der Waals surface area contributed by atoms with Crippen LogP contribution in [0.3, 0.4) is 0 Å². The van der Waals surface area contributed by atoms with E-state index in [1.54, 1.807) is 0 Å². The predicted octanol–water partition coefficient (Wildman–Crippen LogP) is 17.0. The molecule has 0 amide bonds. The molecular weight excluding hydrogens is 765 g/mol. The number of carbonyl (C=O) groups is 2. The fourth-order valence-electron chi connectivity index (χ4n) is 6.28. The average molecular weight is 857 g/mol. The van der Waals surface area contributed by atoms with E-state index in [-0.39, 0.29) is 25.2 Å². The molecule has 1 unspecified atom stereocenters. The van der Waals surface area contributed by atoms with E-state index in [2.05, 4.69) is 142 Å². The lowest BCUT2D eigenvalue weighted by Gasteiger charge is -2.18. The summed E-state index contributed by atoms with van der Waals surface area (Å²) in [7, 11) is 0. The Morgan fingerprint density at radius 1 is 0.371 bits per heavy atom. The van der Waals surface area contributed by atoms with Gasteiger partial charge in [-0.25, -0.2) is 0 Å². The summed E-state index contributed by atoms with van der Waals surface area (Å²) in [6.45, 7) is 7.43. The fourth-order valence-corrected chi connectivity index (χ4v) is 6.28.